The van der Waals surface area contributed by atoms with Gasteiger partial charge in [0.25, 0.3) is 0 Å². The quantitative estimate of drug-likeness (QED) is 0.215. The van der Waals surface area contributed by atoms with Gasteiger partial charge in [0.05, 0.1) is 5.25 Å². The number of fused-ring (bicyclic) bond motifs is 1. The van der Waals surface area contributed by atoms with Crippen LogP contribution in [0.25, 0.3) is 20.7 Å². The molecule has 0 aliphatic carbocycles. The molecule has 0 N–H and O–H groups in total. The first-order valence-corrected chi connectivity index (χ1v) is 10.9. The highest BCUT2D eigenvalue weighted by Gasteiger charge is 2.19. The Morgan fingerprint density at radius 3 is 2.54 bits per heavy atom. The van der Waals surface area contributed by atoms with E-state index in [9.17, 15) is 4.79 Å². The lowest BCUT2D eigenvalue weighted by Crippen LogP contribution is -2.13. The summed E-state index contributed by atoms with van der Waals surface area (Å²) in [6.45, 7) is 4.05. The summed E-state index contributed by atoms with van der Waals surface area (Å²) in [5, 5.41) is 1.65. The summed E-state index contributed by atoms with van der Waals surface area (Å²) in [4.78, 5) is 23.8. The van der Waals surface area contributed by atoms with Crippen molar-refractivity contribution < 1.29 is 4.79 Å². The van der Waals surface area contributed by atoms with Gasteiger partial charge in [0.1, 0.15) is 16.2 Å². The van der Waals surface area contributed by atoms with Crippen LogP contribution in [0.2, 0.25) is 0 Å². The molecule has 0 spiro atoms. The van der Waals surface area contributed by atoms with E-state index in [1.807, 2.05) is 49.4 Å². The average Bonchev–Trinajstić information content (AvgIpc) is 3.19. The van der Waals surface area contributed by atoms with Gasteiger partial charge in [-0.25, -0.2) is 9.97 Å². The number of carbonyl (C=O) groups excluding carboxylic acids is 1. The van der Waals surface area contributed by atoms with E-state index in [-0.39, 0.29) is 11.0 Å². The van der Waals surface area contributed by atoms with Crippen LogP contribution in [0, 0.1) is 0 Å². The van der Waals surface area contributed by atoms with E-state index in [0.717, 1.165) is 32.1 Å². The molecule has 0 saturated heterocycles. The number of aryl methyl sites for hydroxylation is 1. The lowest BCUT2D eigenvalue weighted by Gasteiger charge is -2.10. The van der Waals surface area contributed by atoms with Crippen molar-refractivity contribution in [3.8, 4) is 10.4 Å². The molecule has 0 unspecified atom stereocenters. The largest absolute Gasteiger partial charge is 0.293 e. The number of hydrogen-bond donors (Lipinski definition) is 0. The summed E-state index contributed by atoms with van der Waals surface area (Å²) >= 11 is 3.15. The van der Waals surface area contributed by atoms with Gasteiger partial charge in [0.2, 0.25) is 0 Å². The van der Waals surface area contributed by atoms with Gasteiger partial charge in [-0.3, -0.25) is 4.79 Å². The van der Waals surface area contributed by atoms with Crippen LogP contribution in [0.3, 0.4) is 0 Å². The minimum Gasteiger partial charge on any atom is -0.293 e. The third kappa shape index (κ3) is 3.86. The van der Waals surface area contributed by atoms with Gasteiger partial charge in [-0.15, -0.1) is 11.3 Å². The van der Waals surface area contributed by atoms with E-state index < -0.39 is 0 Å². The highest BCUT2D eigenvalue weighted by Crippen LogP contribution is 2.37. The predicted octanol–water partition coefficient (Wildman–Crippen LogP) is 6.28. The number of thioether (sulfide) groups is 1. The zero-order valence-electron chi connectivity index (χ0n) is 15.8. The second kappa shape index (κ2) is 8.25. The van der Waals surface area contributed by atoms with E-state index in [4.69, 9.17) is 0 Å². The Labute approximate surface area is 172 Å². The normalized spacial score (nSPS) is 12.2. The zero-order chi connectivity index (χ0) is 19.5. The second-order valence-corrected chi connectivity index (χ2v) is 8.91. The molecule has 1 atom stereocenters. The fraction of sp³-hybridized carbons (Fsp3) is 0.174. The third-order valence-corrected chi connectivity index (χ3v) is 6.86. The Morgan fingerprint density at radius 2 is 1.82 bits per heavy atom. The fourth-order valence-corrected chi connectivity index (χ4v) is 5.07. The predicted molar refractivity (Wildman–Crippen MR) is 118 cm³/mol. The average molecular weight is 405 g/mol. The van der Waals surface area contributed by atoms with Crippen LogP contribution >= 0.6 is 23.1 Å². The summed E-state index contributed by atoms with van der Waals surface area (Å²) in [7, 11) is 0. The van der Waals surface area contributed by atoms with E-state index in [2.05, 4.69) is 35.1 Å². The highest BCUT2D eigenvalue weighted by atomic mass is 32.2. The number of aromatic nitrogens is 2. The number of Topliss-reactive ketones (excluding diaryl/α,β-unsaturated/α-hetero) is 1. The van der Waals surface area contributed by atoms with Crippen molar-refractivity contribution >= 4 is 39.1 Å². The van der Waals surface area contributed by atoms with Crippen molar-refractivity contribution in [3.63, 3.8) is 0 Å². The molecular formula is C23H20N2OS2. The first-order valence-electron chi connectivity index (χ1n) is 9.25. The molecule has 0 saturated carbocycles. The van der Waals surface area contributed by atoms with E-state index in [0.29, 0.717) is 0 Å². The molecular weight excluding hydrogens is 384 g/mol. The molecule has 4 rings (SSSR count). The first kappa shape index (κ1) is 18.8. The van der Waals surface area contributed by atoms with Crippen molar-refractivity contribution in [2.45, 2.75) is 30.5 Å². The lowest BCUT2D eigenvalue weighted by atomic mass is 10.1. The molecule has 0 bridgehead atoms. The van der Waals surface area contributed by atoms with Crippen LogP contribution in [0.5, 0.6) is 0 Å². The minimum absolute atomic E-state index is 0.123. The van der Waals surface area contributed by atoms with Gasteiger partial charge in [-0.1, -0.05) is 73.3 Å². The van der Waals surface area contributed by atoms with Crippen LogP contribution < -0.4 is 0 Å². The van der Waals surface area contributed by atoms with Gasteiger partial charge in [0, 0.05) is 15.8 Å². The van der Waals surface area contributed by atoms with Gasteiger partial charge in [-0.05, 0) is 30.5 Å². The highest BCUT2D eigenvalue weighted by molar-refractivity contribution is 8.00. The number of thiophene rings is 1. The minimum atomic E-state index is -0.217. The molecule has 0 fully saturated rings. The number of rotatable bonds is 6. The van der Waals surface area contributed by atoms with E-state index >= 15 is 0 Å². The number of nitrogens with zero attached hydrogens (tertiary/aromatic N) is 2. The Morgan fingerprint density at radius 1 is 1.07 bits per heavy atom. The molecule has 5 heteroatoms. The molecule has 2 heterocycles. The molecule has 4 aromatic rings. The van der Waals surface area contributed by atoms with Crippen LogP contribution in [0.15, 0.2) is 72.0 Å². The summed E-state index contributed by atoms with van der Waals surface area (Å²) in [6.07, 6.45) is 2.56. The number of ketones is 1. The van der Waals surface area contributed by atoms with Gasteiger partial charge in [-0.2, -0.15) is 0 Å². The Bertz CT molecular complexity index is 1100. The zero-order valence-corrected chi connectivity index (χ0v) is 17.4. The standard InChI is InChI=1S/C23H20N2OS2/c1-3-16-9-11-18(12-10-16)21(26)15(2)27-22-19-13-20(17-7-5-4-6-8-17)28-23(19)25-14-24-22/h4-15H,3H2,1-2H3/t15-/m0/s1. The summed E-state index contributed by atoms with van der Waals surface area (Å²) in [5.74, 6) is 0.123. The summed E-state index contributed by atoms with van der Waals surface area (Å²) < 4.78 is 0. The number of carbonyl (C=O) groups is 1. The fourth-order valence-electron chi connectivity index (χ4n) is 3.03. The molecule has 3 nitrogen and oxygen atoms in total. The Balaban J connectivity index is 1.60. The molecule has 28 heavy (non-hydrogen) atoms. The molecule has 140 valence electrons. The molecule has 2 aromatic carbocycles. The molecule has 2 aromatic heterocycles. The lowest BCUT2D eigenvalue weighted by molar-refractivity contribution is 0.0994. The maximum atomic E-state index is 12.8. The SMILES string of the molecule is CCc1ccc(C(=O)[C@H](C)Sc2ncnc3sc(-c4ccccc4)cc23)cc1. The van der Waals surface area contributed by atoms with Crippen molar-refractivity contribution in [3.05, 3.63) is 78.1 Å². The number of benzene rings is 2. The monoisotopic (exact) mass is 404 g/mol. The first-order chi connectivity index (χ1) is 13.7. The maximum absolute atomic E-state index is 12.8. The van der Waals surface area contributed by atoms with Gasteiger partial charge in [0.15, 0.2) is 5.78 Å². The van der Waals surface area contributed by atoms with Crippen molar-refractivity contribution in [1.82, 2.24) is 9.97 Å². The molecule has 0 radical (unpaired) electrons. The summed E-state index contributed by atoms with van der Waals surface area (Å²) in [6, 6.07) is 20.3. The van der Waals surface area contributed by atoms with Crippen molar-refractivity contribution in [1.29, 1.82) is 0 Å². The second-order valence-electron chi connectivity index (χ2n) is 6.55. The maximum Gasteiger partial charge on any atom is 0.175 e. The van der Waals surface area contributed by atoms with Crippen LogP contribution in [0.1, 0.15) is 29.8 Å². The molecule has 0 aliphatic heterocycles. The topological polar surface area (TPSA) is 42.9 Å². The smallest absolute Gasteiger partial charge is 0.175 e. The van der Waals surface area contributed by atoms with Crippen LogP contribution in [-0.2, 0) is 6.42 Å². The van der Waals surface area contributed by atoms with E-state index in [1.54, 1.807) is 17.7 Å². The van der Waals surface area contributed by atoms with E-state index in [1.165, 1.54) is 22.9 Å². The van der Waals surface area contributed by atoms with Crippen molar-refractivity contribution in [2.24, 2.45) is 0 Å². The van der Waals surface area contributed by atoms with Gasteiger partial charge < -0.3 is 0 Å². The third-order valence-electron chi connectivity index (χ3n) is 4.66. The summed E-state index contributed by atoms with van der Waals surface area (Å²) in [5.41, 5.74) is 3.15. The van der Waals surface area contributed by atoms with Crippen LogP contribution in [-0.4, -0.2) is 21.0 Å². The number of hydrogen-bond acceptors (Lipinski definition) is 5. The van der Waals surface area contributed by atoms with Gasteiger partial charge >= 0.3 is 0 Å². The van der Waals surface area contributed by atoms with Crippen molar-refractivity contribution in [2.75, 3.05) is 0 Å². The Hall–Kier alpha value is -2.50. The van der Waals surface area contributed by atoms with Crippen LogP contribution in [0.4, 0.5) is 0 Å². The molecule has 0 aliphatic rings. The Kier molecular flexibility index (Phi) is 5.55. The molecule has 0 amide bonds.